The molecule has 2 saturated heterocycles. The topological polar surface area (TPSA) is 13.0 Å². The fraction of sp³-hybridized carbons (Fsp3) is 0.810. The van der Waals surface area contributed by atoms with E-state index < -0.39 is 0 Å². The molecule has 0 spiro atoms. The zero-order valence-electron chi connectivity index (χ0n) is 16.4. The third-order valence-electron chi connectivity index (χ3n) is 5.64. The fourth-order valence-corrected chi connectivity index (χ4v) is 3.91. The van der Waals surface area contributed by atoms with Gasteiger partial charge in [0, 0.05) is 26.2 Å². The number of hydrogen-bond acceptors (Lipinski definition) is 4. The molecule has 0 radical (unpaired) electrons. The van der Waals surface area contributed by atoms with E-state index in [9.17, 15) is 0 Å². The van der Waals surface area contributed by atoms with E-state index >= 15 is 0 Å². The van der Waals surface area contributed by atoms with Gasteiger partial charge in [0.1, 0.15) is 0 Å². The van der Waals surface area contributed by atoms with Gasteiger partial charge in [0.05, 0.1) is 13.3 Å². The van der Waals surface area contributed by atoms with Gasteiger partial charge in [-0.25, -0.2) is 0 Å². The molecule has 2 rings (SSSR count). The maximum absolute atomic E-state index is 3.85. The summed E-state index contributed by atoms with van der Waals surface area (Å²) in [6, 6.07) is 0. The van der Waals surface area contributed by atoms with E-state index in [2.05, 4.69) is 32.8 Å². The number of rotatable bonds is 14. The average molecular weight is 349 g/mol. The van der Waals surface area contributed by atoms with Crippen molar-refractivity contribution in [3.63, 3.8) is 0 Å². The largest absolute Gasteiger partial charge is 0.364 e. The molecule has 0 aromatic rings. The van der Waals surface area contributed by atoms with E-state index in [1.807, 2.05) is 12.4 Å². The van der Waals surface area contributed by atoms with Gasteiger partial charge in [-0.2, -0.15) is 0 Å². The van der Waals surface area contributed by atoms with Crippen LogP contribution in [0.5, 0.6) is 0 Å². The Kier molecular flexibility index (Phi) is 10.1. The quantitative estimate of drug-likeness (QED) is 0.441. The second-order valence-electron chi connectivity index (χ2n) is 7.69. The van der Waals surface area contributed by atoms with E-state index in [1.54, 1.807) is 0 Å². The number of unbranched alkanes of at least 4 members (excludes halogenated alkanes) is 8. The molecular formula is C21H40N4. The van der Waals surface area contributed by atoms with Crippen molar-refractivity contribution in [1.82, 2.24) is 19.6 Å². The molecule has 0 atom stereocenters. The summed E-state index contributed by atoms with van der Waals surface area (Å²) in [5.74, 6) is 0. The Labute approximate surface area is 156 Å². The zero-order valence-corrected chi connectivity index (χ0v) is 16.4. The Morgan fingerprint density at radius 1 is 0.520 bits per heavy atom. The van der Waals surface area contributed by atoms with Gasteiger partial charge in [-0.05, 0) is 38.3 Å². The van der Waals surface area contributed by atoms with Gasteiger partial charge in [0.25, 0.3) is 0 Å². The minimum absolute atomic E-state index is 1.09. The summed E-state index contributed by atoms with van der Waals surface area (Å²) in [7, 11) is 0. The summed E-state index contributed by atoms with van der Waals surface area (Å²) >= 11 is 0. The van der Waals surface area contributed by atoms with Crippen LogP contribution >= 0.6 is 0 Å². The van der Waals surface area contributed by atoms with Crippen molar-refractivity contribution in [2.75, 3.05) is 52.6 Å². The highest BCUT2D eigenvalue weighted by atomic mass is 15.4. The predicted molar refractivity (Wildman–Crippen MR) is 108 cm³/mol. The Balaban J connectivity index is 1.29. The molecule has 0 saturated carbocycles. The van der Waals surface area contributed by atoms with Crippen LogP contribution in [0.2, 0.25) is 0 Å². The van der Waals surface area contributed by atoms with Gasteiger partial charge in [-0.3, -0.25) is 9.80 Å². The highest BCUT2D eigenvalue weighted by Gasteiger charge is 2.16. The fourth-order valence-electron chi connectivity index (χ4n) is 3.91. The Hall–Kier alpha value is -1.00. The molecule has 0 bridgehead atoms. The smallest absolute Gasteiger partial charge is 0.0702 e. The van der Waals surface area contributed by atoms with Crippen LogP contribution in [0.1, 0.15) is 57.8 Å². The van der Waals surface area contributed by atoms with Crippen LogP contribution in [0.25, 0.3) is 0 Å². The van der Waals surface area contributed by atoms with E-state index in [0.29, 0.717) is 0 Å². The van der Waals surface area contributed by atoms with Crippen molar-refractivity contribution < 1.29 is 0 Å². The molecule has 2 aliphatic rings. The molecule has 0 unspecified atom stereocenters. The highest BCUT2D eigenvalue weighted by molar-refractivity contribution is 4.79. The van der Waals surface area contributed by atoms with Crippen LogP contribution in [0.4, 0.5) is 0 Å². The third-order valence-corrected chi connectivity index (χ3v) is 5.64. The van der Waals surface area contributed by atoms with Gasteiger partial charge in [-0.1, -0.05) is 58.1 Å². The van der Waals surface area contributed by atoms with Gasteiger partial charge in [0.2, 0.25) is 0 Å². The third kappa shape index (κ3) is 8.28. The van der Waals surface area contributed by atoms with E-state index in [1.165, 1.54) is 84.0 Å². The normalized spacial score (nSPS) is 19.0. The molecule has 0 amide bonds. The molecule has 2 fully saturated rings. The van der Waals surface area contributed by atoms with Crippen LogP contribution in [-0.2, 0) is 0 Å². The van der Waals surface area contributed by atoms with Crippen molar-refractivity contribution in [2.45, 2.75) is 57.8 Å². The molecule has 4 heteroatoms. The monoisotopic (exact) mass is 348 g/mol. The Bertz CT molecular complexity index is 337. The predicted octanol–water partition coefficient (Wildman–Crippen LogP) is 3.93. The standard InChI is InChI=1S/C21H40N4/c1-3-22-16-18-24(20-22)14-12-10-8-6-5-7-9-11-13-15-25-19-17-23(4-2)21-25/h3-4H,1-2,5-21H2. The first-order valence-corrected chi connectivity index (χ1v) is 10.5. The first-order chi connectivity index (χ1) is 12.3. The van der Waals surface area contributed by atoms with Gasteiger partial charge in [-0.15, -0.1) is 0 Å². The summed E-state index contributed by atoms with van der Waals surface area (Å²) in [6.07, 6.45) is 16.6. The lowest BCUT2D eigenvalue weighted by Gasteiger charge is -2.16. The Morgan fingerprint density at radius 3 is 1.20 bits per heavy atom. The lowest BCUT2D eigenvalue weighted by molar-refractivity contribution is 0.281. The maximum Gasteiger partial charge on any atom is 0.0702 e. The zero-order chi connectivity index (χ0) is 17.7. The first-order valence-electron chi connectivity index (χ1n) is 10.5. The minimum Gasteiger partial charge on any atom is -0.364 e. The summed E-state index contributed by atoms with van der Waals surface area (Å²) in [4.78, 5) is 9.71. The van der Waals surface area contributed by atoms with Gasteiger partial charge >= 0.3 is 0 Å². The molecule has 0 N–H and O–H groups in total. The molecule has 25 heavy (non-hydrogen) atoms. The summed E-state index contributed by atoms with van der Waals surface area (Å²) in [6.45, 7) is 17.2. The van der Waals surface area contributed by atoms with Crippen molar-refractivity contribution in [3.05, 3.63) is 25.6 Å². The van der Waals surface area contributed by atoms with Crippen LogP contribution in [0, 0.1) is 0 Å². The summed E-state index contributed by atoms with van der Waals surface area (Å²) < 4.78 is 0. The molecule has 0 aromatic heterocycles. The van der Waals surface area contributed by atoms with Gasteiger partial charge in [0.15, 0.2) is 0 Å². The lowest BCUT2D eigenvalue weighted by atomic mass is 10.1. The number of hydrogen-bond donors (Lipinski definition) is 0. The second-order valence-corrected chi connectivity index (χ2v) is 7.69. The average Bonchev–Trinajstić information content (AvgIpc) is 3.28. The number of nitrogens with zero attached hydrogens (tertiary/aromatic N) is 4. The molecule has 0 aromatic carbocycles. The molecule has 2 heterocycles. The van der Waals surface area contributed by atoms with Crippen LogP contribution in [0.3, 0.4) is 0 Å². The maximum atomic E-state index is 3.85. The van der Waals surface area contributed by atoms with Gasteiger partial charge < -0.3 is 9.80 Å². The van der Waals surface area contributed by atoms with Crippen molar-refractivity contribution >= 4 is 0 Å². The summed E-state index contributed by atoms with van der Waals surface area (Å²) in [5.41, 5.74) is 0. The summed E-state index contributed by atoms with van der Waals surface area (Å²) in [5, 5.41) is 0. The van der Waals surface area contributed by atoms with Crippen LogP contribution in [0.15, 0.2) is 25.6 Å². The van der Waals surface area contributed by atoms with Crippen molar-refractivity contribution in [3.8, 4) is 0 Å². The van der Waals surface area contributed by atoms with Crippen molar-refractivity contribution in [1.29, 1.82) is 0 Å². The second kappa shape index (κ2) is 12.4. The van der Waals surface area contributed by atoms with Crippen LogP contribution in [-0.4, -0.2) is 72.2 Å². The SMILES string of the molecule is C=CN1CCN(CCCCCCCCCCCN2CCN(C=C)C2)C1. The highest BCUT2D eigenvalue weighted by Crippen LogP contribution is 2.12. The first kappa shape index (κ1) is 20.3. The van der Waals surface area contributed by atoms with E-state index in [4.69, 9.17) is 0 Å². The molecular weight excluding hydrogens is 308 g/mol. The molecule has 0 aliphatic carbocycles. The lowest BCUT2D eigenvalue weighted by Crippen LogP contribution is -2.23. The molecule has 144 valence electrons. The van der Waals surface area contributed by atoms with E-state index in [0.717, 1.165) is 26.4 Å². The molecule has 4 nitrogen and oxygen atoms in total. The van der Waals surface area contributed by atoms with E-state index in [-0.39, 0.29) is 0 Å². The minimum atomic E-state index is 1.09. The molecule has 2 aliphatic heterocycles. The Morgan fingerprint density at radius 2 is 0.880 bits per heavy atom. The van der Waals surface area contributed by atoms with Crippen LogP contribution < -0.4 is 0 Å². The van der Waals surface area contributed by atoms with Crippen molar-refractivity contribution in [2.24, 2.45) is 0 Å².